The first-order valence-electron chi connectivity index (χ1n) is 6.33. The number of hydrogen-bond acceptors (Lipinski definition) is 4. The van der Waals surface area contributed by atoms with Gasteiger partial charge in [-0.05, 0) is 13.8 Å². The summed E-state index contributed by atoms with van der Waals surface area (Å²) in [6, 6.07) is 9.54. The van der Waals surface area contributed by atoms with Gasteiger partial charge in [-0.25, -0.2) is 9.97 Å². The van der Waals surface area contributed by atoms with Gasteiger partial charge in [-0.2, -0.15) is 0 Å². The lowest BCUT2D eigenvalue weighted by Crippen LogP contribution is -2.46. The molecule has 0 bridgehead atoms. The van der Waals surface area contributed by atoms with Gasteiger partial charge >= 0.3 is 0 Å². The van der Waals surface area contributed by atoms with Crippen LogP contribution in [0.1, 0.15) is 24.2 Å². The summed E-state index contributed by atoms with van der Waals surface area (Å²) in [5.41, 5.74) is 0.594. The second-order valence-electron chi connectivity index (χ2n) is 5.16. The van der Waals surface area contributed by atoms with E-state index in [-0.39, 0.29) is 12.5 Å². The summed E-state index contributed by atoms with van der Waals surface area (Å²) in [7, 11) is 0. The molecule has 0 saturated carbocycles. The van der Waals surface area contributed by atoms with Crippen molar-refractivity contribution in [3.05, 3.63) is 48.3 Å². The number of nitrogens with zero attached hydrogens (tertiary/aromatic N) is 2. The van der Waals surface area contributed by atoms with Crippen LogP contribution in [0, 0.1) is 0 Å². The van der Waals surface area contributed by atoms with Gasteiger partial charge in [0.05, 0.1) is 17.7 Å². The molecule has 1 amide bonds. The van der Waals surface area contributed by atoms with E-state index in [1.807, 2.05) is 30.3 Å². The van der Waals surface area contributed by atoms with Crippen LogP contribution in [0.15, 0.2) is 42.7 Å². The SMILES string of the molecule is CC(C)(CO)NC(=O)c1cnc(-c2ccccc2)nc1. The minimum absolute atomic E-state index is 0.137. The minimum Gasteiger partial charge on any atom is -0.394 e. The van der Waals surface area contributed by atoms with Crippen molar-refractivity contribution < 1.29 is 9.90 Å². The number of rotatable bonds is 4. The van der Waals surface area contributed by atoms with Crippen molar-refractivity contribution in [2.75, 3.05) is 6.61 Å². The van der Waals surface area contributed by atoms with E-state index in [4.69, 9.17) is 5.11 Å². The van der Waals surface area contributed by atoms with E-state index in [1.165, 1.54) is 12.4 Å². The number of nitrogens with one attached hydrogen (secondary N) is 1. The Morgan fingerprint density at radius 2 is 1.80 bits per heavy atom. The molecule has 0 saturated heterocycles. The first-order chi connectivity index (χ1) is 9.52. The van der Waals surface area contributed by atoms with Gasteiger partial charge in [-0.3, -0.25) is 4.79 Å². The van der Waals surface area contributed by atoms with Crippen LogP contribution in [0.5, 0.6) is 0 Å². The Hall–Kier alpha value is -2.27. The van der Waals surface area contributed by atoms with Crippen LogP contribution >= 0.6 is 0 Å². The van der Waals surface area contributed by atoms with Crippen LogP contribution in [0.4, 0.5) is 0 Å². The standard InChI is InChI=1S/C15H17N3O2/c1-15(2,10-19)18-14(20)12-8-16-13(17-9-12)11-6-4-3-5-7-11/h3-9,19H,10H2,1-2H3,(H,18,20). The molecule has 0 aliphatic rings. The van der Waals surface area contributed by atoms with Crippen molar-refractivity contribution >= 4 is 5.91 Å². The molecule has 0 aliphatic carbocycles. The lowest BCUT2D eigenvalue weighted by atomic mass is 10.1. The van der Waals surface area contributed by atoms with E-state index >= 15 is 0 Å². The summed E-state index contributed by atoms with van der Waals surface area (Å²) in [5, 5.41) is 11.8. The molecule has 2 rings (SSSR count). The third-order valence-electron chi connectivity index (χ3n) is 2.79. The zero-order valence-electron chi connectivity index (χ0n) is 11.5. The van der Waals surface area contributed by atoms with Gasteiger partial charge in [-0.15, -0.1) is 0 Å². The molecule has 0 spiro atoms. The summed E-state index contributed by atoms with van der Waals surface area (Å²) in [6.07, 6.45) is 2.97. The summed E-state index contributed by atoms with van der Waals surface area (Å²) in [4.78, 5) is 20.3. The van der Waals surface area contributed by atoms with E-state index in [0.717, 1.165) is 5.56 Å². The fourth-order valence-corrected chi connectivity index (χ4v) is 1.60. The van der Waals surface area contributed by atoms with Gasteiger partial charge in [-0.1, -0.05) is 30.3 Å². The number of carbonyl (C=O) groups excluding carboxylic acids is 1. The monoisotopic (exact) mass is 271 g/mol. The molecule has 0 radical (unpaired) electrons. The van der Waals surface area contributed by atoms with Crippen LogP contribution in [-0.4, -0.2) is 33.1 Å². The second-order valence-corrected chi connectivity index (χ2v) is 5.16. The zero-order chi connectivity index (χ0) is 14.6. The van der Waals surface area contributed by atoms with Gasteiger partial charge in [0.15, 0.2) is 5.82 Å². The Labute approximate surface area is 117 Å². The van der Waals surface area contributed by atoms with Crippen LogP contribution in [0.3, 0.4) is 0 Å². The summed E-state index contributed by atoms with van der Waals surface area (Å²) in [5.74, 6) is 0.271. The van der Waals surface area contributed by atoms with Crippen LogP contribution in [0.25, 0.3) is 11.4 Å². The quantitative estimate of drug-likeness (QED) is 0.886. The predicted molar refractivity (Wildman–Crippen MR) is 76.1 cm³/mol. The maximum absolute atomic E-state index is 12.0. The van der Waals surface area contributed by atoms with Gasteiger partial charge in [0.25, 0.3) is 5.91 Å². The van der Waals surface area contributed by atoms with E-state index < -0.39 is 5.54 Å². The van der Waals surface area contributed by atoms with Gasteiger partial charge in [0.2, 0.25) is 0 Å². The number of amides is 1. The third-order valence-corrected chi connectivity index (χ3v) is 2.79. The lowest BCUT2D eigenvalue weighted by Gasteiger charge is -2.23. The fraction of sp³-hybridized carbons (Fsp3) is 0.267. The normalized spacial score (nSPS) is 11.2. The summed E-state index contributed by atoms with van der Waals surface area (Å²) >= 11 is 0. The molecule has 1 heterocycles. The summed E-state index contributed by atoms with van der Waals surface area (Å²) < 4.78 is 0. The Kier molecular flexibility index (Phi) is 4.10. The molecular formula is C15H17N3O2. The van der Waals surface area contributed by atoms with Crippen LogP contribution < -0.4 is 5.32 Å². The molecule has 0 fully saturated rings. The Balaban J connectivity index is 2.15. The first kappa shape index (κ1) is 14.1. The zero-order valence-corrected chi connectivity index (χ0v) is 11.5. The number of aromatic nitrogens is 2. The molecule has 1 aromatic carbocycles. The van der Waals surface area contributed by atoms with E-state index in [2.05, 4.69) is 15.3 Å². The van der Waals surface area contributed by atoms with Crippen molar-refractivity contribution in [3.8, 4) is 11.4 Å². The minimum atomic E-state index is -0.671. The number of aliphatic hydroxyl groups is 1. The van der Waals surface area contributed by atoms with Crippen molar-refractivity contribution in [2.24, 2.45) is 0 Å². The van der Waals surface area contributed by atoms with Gasteiger partial charge in [0, 0.05) is 18.0 Å². The first-order valence-corrected chi connectivity index (χ1v) is 6.33. The molecule has 1 aromatic heterocycles. The highest BCUT2D eigenvalue weighted by atomic mass is 16.3. The number of benzene rings is 1. The highest BCUT2D eigenvalue weighted by Gasteiger charge is 2.20. The van der Waals surface area contributed by atoms with Gasteiger partial charge < -0.3 is 10.4 Å². The Bertz CT molecular complexity index is 580. The maximum Gasteiger partial charge on any atom is 0.254 e. The molecule has 104 valence electrons. The van der Waals surface area contributed by atoms with Crippen LogP contribution in [-0.2, 0) is 0 Å². The number of hydrogen-bond donors (Lipinski definition) is 2. The van der Waals surface area contributed by atoms with E-state index in [9.17, 15) is 4.79 Å². The summed E-state index contributed by atoms with van der Waals surface area (Å²) in [6.45, 7) is 3.34. The van der Waals surface area contributed by atoms with E-state index in [1.54, 1.807) is 13.8 Å². The van der Waals surface area contributed by atoms with Crippen molar-refractivity contribution in [1.82, 2.24) is 15.3 Å². The molecule has 5 heteroatoms. The largest absolute Gasteiger partial charge is 0.394 e. The van der Waals surface area contributed by atoms with Crippen molar-refractivity contribution in [2.45, 2.75) is 19.4 Å². The highest BCUT2D eigenvalue weighted by Crippen LogP contribution is 2.13. The van der Waals surface area contributed by atoms with Crippen LogP contribution in [0.2, 0.25) is 0 Å². The average molecular weight is 271 g/mol. The van der Waals surface area contributed by atoms with Crippen molar-refractivity contribution in [3.63, 3.8) is 0 Å². The third kappa shape index (κ3) is 3.39. The smallest absolute Gasteiger partial charge is 0.254 e. The van der Waals surface area contributed by atoms with Crippen molar-refractivity contribution in [1.29, 1.82) is 0 Å². The predicted octanol–water partition coefficient (Wildman–Crippen LogP) is 1.64. The molecule has 0 unspecified atom stereocenters. The number of carbonyl (C=O) groups is 1. The molecule has 5 nitrogen and oxygen atoms in total. The highest BCUT2D eigenvalue weighted by molar-refractivity contribution is 5.94. The van der Waals surface area contributed by atoms with Gasteiger partial charge in [0.1, 0.15) is 0 Å². The molecule has 0 atom stereocenters. The molecule has 20 heavy (non-hydrogen) atoms. The molecule has 2 aromatic rings. The Morgan fingerprint density at radius 1 is 1.20 bits per heavy atom. The molecule has 0 aliphatic heterocycles. The molecule has 2 N–H and O–H groups in total. The topological polar surface area (TPSA) is 75.1 Å². The number of aliphatic hydroxyl groups excluding tert-OH is 1. The Morgan fingerprint density at radius 3 is 2.35 bits per heavy atom. The van der Waals surface area contributed by atoms with E-state index in [0.29, 0.717) is 11.4 Å². The maximum atomic E-state index is 12.0. The second kappa shape index (κ2) is 5.79. The average Bonchev–Trinajstić information content (AvgIpc) is 2.48. The lowest BCUT2D eigenvalue weighted by molar-refractivity contribution is 0.0868. The fourth-order valence-electron chi connectivity index (χ4n) is 1.60. The molecular weight excluding hydrogens is 254 g/mol.